The Morgan fingerprint density at radius 1 is 1.16 bits per heavy atom. The van der Waals surface area contributed by atoms with Crippen LogP contribution >= 0.6 is 0 Å². The average Bonchev–Trinajstić information content (AvgIpc) is 3.18. The van der Waals surface area contributed by atoms with Crippen molar-refractivity contribution in [1.29, 1.82) is 0 Å². The van der Waals surface area contributed by atoms with Gasteiger partial charge in [0.15, 0.2) is 17.3 Å². The number of benzene rings is 1. The lowest BCUT2D eigenvalue weighted by molar-refractivity contribution is 0.0695. The molecule has 3 aromatic rings. The smallest absolute Gasteiger partial charge is 0.341 e. The van der Waals surface area contributed by atoms with Gasteiger partial charge in [-0.25, -0.2) is 22.9 Å². The minimum atomic E-state index is -1.55. The number of piperidine rings is 1. The van der Waals surface area contributed by atoms with Gasteiger partial charge in [-0.2, -0.15) is 0 Å². The van der Waals surface area contributed by atoms with Crippen molar-refractivity contribution >= 4 is 22.8 Å². The third-order valence-corrected chi connectivity index (χ3v) is 6.21. The zero-order chi connectivity index (χ0) is 22.6. The third kappa shape index (κ3) is 3.31. The number of carbonyl (C=O) groups is 1. The molecule has 2 N–H and O–H groups in total. The molecular weight excluding hydrogens is 425 g/mol. The quantitative estimate of drug-likeness (QED) is 0.646. The molecule has 2 aliphatic heterocycles. The van der Waals surface area contributed by atoms with E-state index in [-0.39, 0.29) is 28.6 Å². The zero-order valence-electron chi connectivity index (χ0n) is 16.8. The monoisotopic (exact) mass is 444 g/mol. The number of hydrogen-bond acceptors (Lipinski definition) is 5. The Balaban J connectivity index is 1.73. The molecule has 2 fully saturated rings. The minimum Gasteiger partial charge on any atom is -0.477 e. The summed E-state index contributed by atoms with van der Waals surface area (Å²) in [5.41, 5.74) is -1.92. The molecule has 2 aliphatic rings. The number of nitrogens with zero attached hydrogens (tertiary/aromatic N) is 3. The highest BCUT2D eigenvalue weighted by Crippen LogP contribution is 2.31. The van der Waals surface area contributed by atoms with Gasteiger partial charge in [0, 0.05) is 31.4 Å². The summed E-state index contributed by atoms with van der Waals surface area (Å²) in [5.74, 6) is -3.76. The molecule has 32 heavy (non-hydrogen) atoms. The molecule has 2 atom stereocenters. The average molecular weight is 444 g/mol. The Bertz CT molecular complexity index is 1300. The number of rotatable bonds is 3. The van der Waals surface area contributed by atoms with Crippen LogP contribution in [0, 0.1) is 23.4 Å². The molecule has 4 heterocycles. The fourth-order valence-electron chi connectivity index (χ4n) is 4.67. The number of carboxylic acids is 1. The van der Waals surface area contributed by atoms with E-state index in [1.807, 2.05) is 0 Å². The van der Waals surface area contributed by atoms with Crippen LogP contribution in [-0.4, -0.2) is 46.3 Å². The SMILES string of the molecule is O=C(O)c1cn(-c2ccc(F)cc2F)c2nc(N3CC4CCCNC4C3)c(F)cc2c1=O. The van der Waals surface area contributed by atoms with E-state index in [2.05, 4.69) is 10.3 Å². The van der Waals surface area contributed by atoms with Crippen LogP contribution in [0.15, 0.2) is 35.3 Å². The summed E-state index contributed by atoms with van der Waals surface area (Å²) in [4.78, 5) is 30.4. The van der Waals surface area contributed by atoms with Gasteiger partial charge >= 0.3 is 5.97 Å². The molecule has 1 aromatic carbocycles. The Morgan fingerprint density at radius 3 is 2.69 bits per heavy atom. The summed E-state index contributed by atoms with van der Waals surface area (Å²) >= 11 is 0. The van der Waals surface area contributed by atoms with Gasteiger partial charge in [-0.1, -0.05) is 0 Å². The Kier molecular flexibility index (Phi) is 4.89. The number of halogens is 3. The highest BCUT2D eigenvalue weighted by Gasteiger charge is 2.36. The van der Waals surface area contributed by atoms with E-state index in [0.717, 1.165) is 48.3 Å². The van der Waals surface area contributed by atoms with Crippen molar-refractivity contribution in [2.45, 2.75) is 18.9 Å². The molecule has 0 radical (unpaired) electrons. The number of aromatic carboxylic acids is 1. The van der Waals surface area contributed by atoms with Crippen molar-refractivity contribution in [2.24, 2.45) is 5.92 Å². The van der Waals surface area contributed by atoms with Gasteiger partial charge in [-0.3, -0.25) is 9.36 Å². The standard InChI is InChI=1S/C22H19F3N4O3/c23-12-3-4-18(15(24)6-12)29-9-14(22(31)32)19(30)13-7-16(25)21(27-20(13)29)28-8-11-2-1-5-26-17(11)10-28/h3-4,6-7,9,11,17,26H,1-2,5,8,10H2,(H,31,32). The van der Waals surface area contributed by atoms with Crippen LogP contribution in [0.2, 0.25) is 0 Å². The van der Waals surface area contributed by atoms with Gasteiger partial charge < -0.3 is 15.3 Å². The Morgan fingerprint density at radius 2 is 1.97 bits per heavy atom. The van der Waals surface area contributed by atoms with Gasteiger partial charge in [0.2, 0.25) is 5.43 Å². The summed E-state index contributed by atoms with van der Waals surface area (Å²) in [5, 5.41) is 12.5. The molecule has 2 aromatic heterocycles. The van der Waals surface area contributed by atoms with Gasteiger partial charge in [0.25, 0.3) is 0 Å². The number of fused-ring (bicyclic) bond motifs is 2. The predicted octanol–water partition coefficient (Wildman–Crippen LogP) is 2.69. The fourth-order valence-corrected chi connectivity index (χ4v) is 4.67. The minimum absolute atomic E-state index is 0.00689. The van der Waals surface area contributed by atoms with E-state index in [1.165, 1.54) is 0 Å². The van der Waals surface area contributed by atoms with E-state index >= 15 is 4.39 Å². The van der Waals surface area contributed by atoms with E-state index in [0.29, 0.717) is 25.1 Å². The van der Waals surface area contributed by atoms with Crippen LogP contribution in [0.25, 0.3) is 16.7 Å². The maximum absolute atomic E-state index is 15.1. The number of carboxylic acid groups (broad SMARTS) is 1. The highest BCUT2D eigenvalue weighted by molar-refractivity contribution is 5.92. The number of nitrogens with one attached hydrogen (secondary N) is 1. The summed E-state index contributed by atoms with van der Waals surface area (Å²) in [6.45, 7) is 2.00. The van der Waals surface area contributed by atoms with Gasteiger partial charge in [0.1, 0.15) is 17.2 Å². The van der Waals surface area contributed by atoms with Gasteiger partial charge in [0.05, 0.1) is 11.1 Å². The first-order valence-corrected chi connectivity index (χ1v) is 10.3. The lowest BCUT2D eigenvalue weighted by Gasteiger charge is -2.24. The molecule has 5 rings (SSSR count). The molecule has 0 saturated carbocycles. The van der Waals surface area contributed by atoms with Crippen molar-refractivity contribution in [3.8, 4) is 5.69 Å². The van der Waals surface area contributed by atoms with Crippen molar-refractivity contribution < 1.29 is 23.1 Å². The molecule has 10 heteroatoms. The Hall–Kier alpha value is -3.40. The van der Waals surface area contributed by atoms with Crippen LogP contribution in [0.3, 0.4) is 0 Å². The summed E-state index contributed by atoms with van der Waals surface area (Å²) in [6.07, 6.45) is 2.98. The zero-order valence-corrected chi connectivity index (χ0v) is 16.8. The number of hydrogen-bond donors (Lipinski definition) is 2. The first kappa shape index (κ1) is 20.5. The first-order chi connectivity index (χ1) is 15.3. The normalized spacial score (nSPS) is 20.5. The molecule has 2 saturated heterocycles. The van der Waals surface area contributed by atoms with Crippen molar-refractivity contribution in [3.05, 3.63) is 63.7 Å². The number of aromatic nitrogens is 2. The maximum Gasteiger partial charge on any atom is 0.341 e. The van der Waals surface area contributed by atoms with E-state index < -0.39 is 34.4 Å². The van der Waals surface area contributed by atoms with Gasteiger partial charge in [-0.15, -0.1) is 0 Å². The second-order valence-electron chi connectivity index (χ2n) is 8.18. The Labute approximate surface area is 180 Å². The van der Waals surface area contributed by atoms with Crippen molar-refractivity contribution in [3.63, 3.8) is 0 Å². The van der Waals surface area contributed by atoms with Crippen LogP contribution in [0.1, 0.15) is 23.2 Å². The second-order valence-corrected chi connectivity index (χ2v) is 8.18. The van der Waals surface area contributed by atoms with E-state index in [9.17, 15) is 23.5 Å². The molecule has 0 bridgehead atoms. The maximum atomic E-state index is 15.1. The predicted molar refractivity (Wildman–Crippen MR) is 111 cm³/mol. The summed E-state index contributed by atoms with van der Waals surface area (Å²) < 4.78 is 44.2. The van der Waals surface area contributed by atoms with Crippen LogP contribution in [0.4, 0.5) is 19.0 Å². The van der Waals surface area contributed by atoms with Crippen molar-refractivity contribution in [2.75, 3.05) is 24.5 Å². The topological polar surface area (TPSA) is 87.5 Å². The number of pyridine rings is 2. The van der Waals surface area contributed by atoms with Gasteiger partial charge in [-0.05, 0) is 43.5 Å². The summed E-state index contributed by atoms with van der Waals surface area (Å²) in [7, 11) is 0. The lowest BCUT2D eigenvalue weighted by atomic mass is 9.94. The molecular formula is C22H19F3N4O3. The van der Waals surface area contributed by atoms with Crippen molar-refractivity contribution in [1.82, 2.24) is 14.9 Å². The molecule has 2 unspecified atom stereocenters. The third-order valence-electron chi connectivity index (χ3n) is 6.21. The molecule has 0 amide bonds. The second kappa shape index (κ2) is 7.63. The van der Waals surface area contributed by atoms with Crippen LogP contribution < -0.4 is 15.6 Å². The van der Waals surface area contributed by atoms with Crippen LogP contribution in [-0.2, 0) is 0 Å². The largest absolute Gasteiger partial charge is 0.477 e. The molecule has 0 spiro atoms. The first-order valence-electron chi connectivity index (χ1n) is 10.3. The van der Waals surface area contributed by atoms with E-state index in [1.54, 1.807) is 4.90 Å². The van der Waals surface area contributed by atoms with Crippen LogP contribution in [0.5, 0.6) is 0 Å². The fraction of sp³-hybridized carbons (Fsp3) is 0.318. The molecule has 0 aliphatic carbocycles. The lowest BCUT2D eigenvalue weighted by Crippen LogP contribution is -2.40. The summed E-state index contributed by atoms with van der Waals surface area (Å²) in [6, 6.07) is 3.90. The van der Waals surface area contributed by atoms with E-state index in [4.69, 9.17) is 0 Å². The highest BCUT2D eigenvalue weighted by atomic mass is 19.1. The molecule has 7 nitrogen and oxygen atoms in total. The molecule has 166 valence electrons. The number of anilines is 1.